The maximum atomic E-state index is 13.0. The summed E-state index contributed by atoms with van der Waals surface area (Å²) in [7, 11) is 0. The van der Waals surface area contributed by atoms with Crippen molar-refractivity contribution in [2.24, 2.45) is 0 Å². The maximum Gasteiger partial charge on any atom is 0.224 e. The van der Waals surface area contributed by atoms with E-state index in [2.05, 4.69) is 15.3 Å². The lowest BCUT2D eigenvalue weighted by molar-refractivity contribution is 0.628. The van der Waals surface area contributed by atoms with Crippen molar-refractivity contribution < 1.29 is 4.39 Å². The van der Waals surface area contributed by atoms with E-state index in [1.165, 1.54) is 12.1 Å². The Bertz CT molecular complexity index is 574. The minimum atomic E-state index is -0.271. The van der Waals surface area contributed by atoms with E-state index in [1.807, 2.05) is 18.7 Å². The molecule has 1 aromatic carbocycles. The first-order chi connectivity index (χ1) is 9.65. The van der Waals surface area contributed by atoms with E-state index >= 15 is 0 Å². The van der Waals surface area contributed by atoms with Crippen LogP contribution >= 0.6 is 11.6 Å². The topological polar surface area (TPSA) is 41.1 Å². The molecular weight excluding hydrogens is 279 g/mol. The van der Waals surface area contributed by atoms with Crippen LogP contribution < -0.4 is 10.2 Å². The van der Waals surface area contributed by atoms with Crippen LogP contribution in [0.25, 0.3) is 0 Å². The maximum absolute atomic E-state index is 13.0. The Hall–Kier alpha value is -1.88. The molecule has 1 heterocycles. The summed E-state index contributed by atoms with van der Waals surface area (Å²) in [4.78, 5) is 10.4. The number of nitrogens with zero attached hydrogens (tertiary/aromatic N) is 3. The highest BCUT2D eigenvalue weighted by molar-refractivity contribution is 6.33. The van der Waals surface area contributed by atoms with Gasteiger partial charge in [0.15, 0.2) is 5.82 Å². The van der Waals surface area contributed by atoms with Gasteiger partial charge in [-0.3, -0.25) is 0 Å². The van der Waals surface area contributed by atoms with Crippen molar-refractivity contribution >= 4 is 29.1 Å². The van der Waals surface area contributed by atoms with E-state index in [4.69, 9.17) is 11.6 Å². The SMILES string of the molecule is CCNc1ncc(Cl)c(N(CC)c2ccc(F)cc2)n1. The third-order valence-electron chi connectivity index (χ3n) is 2.77. The number of anilines is 3. The molecule has 0 atom stereocenters. The van der Waals surface area contributed by atoms with E-state index < -0.39 is 0 Å². The third kappa shape index (κ3) is 3.17. The molecule has 1 aromatic heterocycles. The molecule has 0 amide bonds. The van der Waals surface area contributed by atoms with Crippen LogP contribution in [0.1, 0.15) is 13.8 Å². The van der Waals surface area contributed by atoms with E-state index in [-0.39, 0.29) is 5.82 Å². The second-order valence-electron chi connectivity index (χ2n) is 4.12. The molecule has 1 N–H and O–H groups in total. The molecule has 106 valence electrons. The molecule has 0 aliphatic carbocycles. The minimum absolute atomic E-state index is 0.271. The molecule has 2 rings (SSSR count). The second kappa shape index (κ2) is 6.52. The van der Waals surface area contributed by atoms with Gasteiger partial charge in [-0.15, -0.1) is 0 Å². The molecule has 0 saturated heterocycles. The largest absolute Gasteiger partial charge is 0.354 e. The molecule has 0 unspecified atom stereocenters. The van der Waals surface area contributed by atoms with Crippen LogP contribution in [0.15, 0.2) is 30.5 Å². The lowest BCUT2D eigenvalue weighted by Crippen LogP contribution is -2.19. The molecule has 0 spiro atoms. The van der Waals surface area contributed by atoms with E-state index in [1.54, 1.807) is 18.3 Å². The Morgan fingerprint density at radius 3 is 2.55 bits per heavy atom. The summed E-state index contributed by atoms with van der Waals surface area (Å²) in [6, 6.07) is 6.23. The van der Waals surface area contributed by atoms with E-state index in [9.17, 15) is 4.39 Å². The van der Waals surface area contributed by atoms with Gasteiger partial charge in [-0.05, 0) is 38.1 Å². The molecule has 20 heavy (non-hydrogen) atoms. The summed E-state index contributed by atoms with van der Waals surface area (Å²) in [5.41, 5.74) is 0.831. The Morgan fingerprint density at radius 2 is 1.95 bits per heavy atom. The van der Waals surface area contributed by atoms with Gasteiger partial charge in [-0.25, -0.2) is 9.37 Å². The second-order valence-corrected chi connectivity index (χ2v) is 4.52. The van der Waals surface area contributed by atoms with Crippen molar-refractivity contribution in [2.75, 3.05) is 23.3 Å². The van der Waals surface area contributed by atoms with E-state index in [0.29, 0.717) is 23.3 Å². The highest BCUT2D eigenvalue weighted by atomic mass is 35.5. The Morgan fingerprint density at radius 1 is 1.25 bits per heavy atom. The standard InChI is InChI=1S/C14H16ClFN4/c1-3-17-14-18-9-12(15)13(19-14)20(4-2)11-7-5-10(16)6-8-11/h5-9H,3-4H2,1-2H3,(H,17,18,19). The highest BCUT2D eigenvalue weighted by Gasteiger charge is 2.14. The zero-order chi connectivity index (χ0) is 14.5. The normalized spacial score (nSPS) is 10.4. The molecule has 0 bridgehead atoms. The van der Waals surface area contributed by atoms with Crippen LogP contribution in [0.5, 0.6) is 0 Å². The summed E-state index contributed by atoms with van der Waals surface area (Å²) < 4.78 is 13.0. The van der Waals surface area contributed by atoms with Crippen LogP contribution in [-0.2, 0) is 0 Å². The fourth-order valence-electron chi connectivity index (χ4n) is 1.87. The van der Waals surface area contributed by atoms with Gasteiger partial charge in [0.2, 0.25) is 5.95 Å². The lowest BCUT2D eigenvalue weighted by atomic mass is 10.2. The van der Waals surface area contributed by atoms with Crippen LogP contribution in [0.4, 0.5) is 21.8 Å². The van der Waals surface area contributed by atoms with Crippen LogP contribution in [0.3, 0.4) is 0 Å². The van der Waals surface area contributed by atoms with Crippen molar-refractivity contribution in [1.82, 2.24) is 9.97 Å². The van der Waals surface area contributed by atoms with Gasteiger partial charge in [0.05, 0.1) is 6.20 Å². The summed E-state index contributed by atoms with van der Waals surface area (Å²) in [6.45, 7) is 5.33. The Labute approximate surface area is 122 Å². The minimum Gasteiger partial charge on any atom is -0.354 e. The highest BCUT2D eigenvalue weighted by Crippen LogP contribution is 2.30. The number of aromatic nitrogens is 2. The Balaban J connectivity index is 2.40. The first-order valence-electron chi connectivity index (χ1n) is 6.45. The van der Waals surface area contributed by atoms with Gasteiger partial charge in [0.1, 0.15) is 10.8 Å². The molecule has 0 fully saturated rings. The van der Waals surface area contributed by atoms with Gasteiger partial charge in [0.25, 0.3) is 0 Å². The quantitative estimate of drug-likeness (QED) is 0.909. The molecule has 6 heteroatoms. The molecule has 0 radical (unpaired) electrons. The van der Waals surface area contributed by atoms with Crippen LogP contribution in [0.2, 0.25) is 5.02 Å². The predicted molar refractivity (Wildman–Crippen MR) is 80.3 cm³/mol. The zero-order valence-corrected chi connectivity index (χ0v) is 12.2. The number of hydrogen-bond donors (Lipinski definition) is 1. The van der Waals surface area contributed by atoms with Crippen molar-refractivity contribution in [3.8, 4) is 0 Å². The monoisotopic (exact) mass is 294 g/mol. The average molecular weight is 295 g/mol. The average Bonchev–Trinajstić information content (AvgIpc) is 2.45. The Kier molecular flexibility index (Phi) is 4.74. The van der Waals surface area contributed by atoms with Crippen LogP contribution in [-0.4, -0.2) is 23.1 Å². The predicted octanol–water partition coefficient (Wildman–Crippen LogP) is 3.86. The van der Waals surface area contributed by atoms with Gasteiger partial charge in [0, 0.05) is 18.8 Å². The molecule has 4 nitrogen and oxygen atoms in total. The van der Waals surface area contributed by atoms with Gasteiger partial charge in [-0.1, -0.05) is 11.6 Å². The zero-order valence-electron chi connectivity index (χ0n) is 11.4. The summed E-state index contributed by atoms with van der Waals surface area (Å²) in [6.07, 6.45) is 1.56. The molecular formula is C14H16ClFN4. The number of halogens is 2. The van der Waals surface area contributed by atoms with Gasteiger partial charge >= 0.3 is 0 Å². The summed E-state index contributed by atoms with van der Waals surface area (Å²) in [5.74, 6) is 0.853. The van der Waals surface area contributed by atoms with Crippen molar-refractivity contribution in [3.63, 3.8) is 0 Å². The third-order valence-corrected chi connectivity index (χ3v) is 3.04. The molecule has 0 aliphatic heterocycles. The first-order valence-corrected chi connectivity index (χ1v) is 6.83. The van der Waals surface area contributed by atoms with Crippen molar-refractivity contribution in [2.45, 2.75) is 13.8 Å². The fourth-order valence-corrected chi connectivity index (χ4v) is 2.06. The van der Waals surface area contributed by atoms with Gasteiger partial charge in [-0.2, -0.15) is 4.98 Å². The van der Waals surface area contributed by atoms with Gasteiger partial charge < -0.3 is 10.2 Å². The van der Waals surface area contributed by atoms with Crippen molar-refractivity contribution in [1.29, 1.82) is 0 Å². The number of rotatable bonds is 5. The summed E-state index contributed by atoms with van der Waals surface area (Å²) in [5, 5.41) is 3.50. The smallest absolute Gasteiger partial charge is 0.224 e. The number of hydrogen-bond acceptors (Lipinski definition) is 4. The lowest BCUT2D eigenvalue weighted by Gasteiger charge is -2.23. The molecule has 0 saturated carbocycles. The van der Waals surface area contributed by atoms with E-state index in [0.717, 1.165) is 12.2 Å². The molecule has 0 aliphatic rings. The van der Waals surface area contributed by atoms with Crippen LogP contribution in [0, 0.1) is 5.82 Å². The fraction of sp³-hybridized carbons (Fsp3) is 0.286. The summed E-state index contributed by atoms with van der Waals surface area (Å²) >= 11 is 6.18. The van der Waals surface area contributed by atoms with Crippen molar-refractivity contribution in [3.05, 3.63) is 41.3 Å². The number of nitrogens with one attached hydrogen (secondary N) is 1. The molecule has 2 aromatic rings. The first kappa shape index (κ1) is 14.5. The number of benzene rings is 1.